The van der Waals surface area contributed by atoms with Crippen LogP contribution in [0, 0.1) is 0 Å². The molecule has 0 bridgehead atoms. The van der Waals surface area contributed by atoms with Crippen LogP contribution < -0.4 is 10.1 Å². The molecular weight excluding hydrogens is 584 g/mol. The van der Waals surface area contributed by atoms with E-state index in [9.17, 15) is 9.59 Å². The minimum atomic E-state index is -0.418. The first-order valence-corrected chi connectivity index (χ1v) is 12.5. The normalized spacial score (nSPS) is 15.4. The van der Waals surface area contributed by atoms with Gasteiger partial charge < -0.3 is 14.8 Å². The molecule has 4 rings (SSSR count). The number of ether oxygens (including phenoxy) is 2. The number of halogens is 2. The van der Waals surface area contributed by atoms with Crippen molar-refractivity contribution in [2.24, 2.45) is 4.99 Å². The Morgan fingerprint density at radius 3 is 2.53 bits per heavy atom. The number of hydrogen-bond acceptors (Lipinski definition) is 6. The van der Waals surface area contributed by atoms with Gasteiger partial charge in [-0.1, -0.05) is 46.3 Å². The highest BCUT2D eigenvalue weighted by molar-refractivity contribution is 9.11. The van der Waals surface area contributed by atoms with Crippen LogP contribution in [0.3, 0.4) is 0 Å². The molecule has 172 valence electrons. The molecule has 1 N–H and O–H groups in total. The van der Waals surface area contributed by atoms with Crippen molar-refractivity contribution in [1.29, 1.82) is 0 Å². The predicted octanol–water partition coefficient (Wildman–Crippen LogP) is 6.47. The molecule has 1 aliphatic rings. The third-order valence-corrected chi connectivity index (χ3v) is 6.68. The number of amidine groups is 1. The summed E-state index contributed by atoms with van der Waals surface area (Å²) in [5.41, 5.74) is 2.82. The molecule has 0 aliphatic carbocycles. The van der Waals surface area contributed by atoms with Gasteiger partial charge in [0.25, 0.3) is 5.91 Å². The van der Waals surface area contributed by atoms with Crippen LogP contribution in [-0.4, -0.2) is 24.2 Å². The third kappa shape index (κ3) is 5.97. The van der Waals surface area contributed by atoms with Crippen molar-refractivity contribution in [3.05, 3.63) is 97.3 Å². The summed E-state index contributed by atoms with van der Waals surface area (Å²) >= 11 is 8.30. The fourth-order valence-corrected chi connectivity index (χ4v) is 5.30. The van der Waals surface area contributed by atoms with Crippen molar-refractivity contribution in [1.82, 2.24) is 5.32 Å². The van der Waals surface area contributed by atoms with Gasteiger partial charge in [0.2, 0.25) is 0 Å². The molecule has 1 saturated heterocycles. The molecule has 0 unspecified atom stereocenters. The Morgan fingerprint density at radius 1 is 1.09 bits per heavy atom. The third-order valence-electron chi connectivity index (χ3n) is 4.72. The number of esters is 1. The summed E-state index contributed by atoms with van der Waals surface area (Å²) in [6, 6.07) is 20.3. The first kappa shape index (κ1) is 24.3. The second-order valence-corrected chi connectivity index (χ2v) is 9.90. The maximum Gasteiger partial charge on any atom is 0.337 e. The summed E-state index contributed by atoms with van der Waals surface area (Å²) in [5, 5.41) is 3.22. The number of rotatable bonds is 6. The van der Waals surface area contributed by atoms with Crippen LogP contribution in [0.5, 0.6) is 5.75 Å². The molecule has 0 spiro atoms. The first-order valence-electron chi connectivity index (χ1n) is 10.1. The number of amides is 1. The summed E-state index contributed by atoms with van der Waals surface area (Å²) in [6.07, 6.45) is 1.78. The van der Waals surface area contributed by atoms with E-state index in [1.807, 2.05) is 42.5 Å². The van der Waals surface area contributed by atoms with Crippen molar-refractivity contribution < 1.29 is 19.1 Å². The van der Waals surface area contributed by atoms with Crippen molar-refractivity contribution >= 4 is 72.4 Å². The van der Waals surface area contributed by atoms with Crippen LogP contribution >= 0.6 is 43.6 Å². The van der Waals surface area contributed by atoms with Crippen LogP contribution in [0.1, 0.15) is 21.5 Å². The molecule has 34 heavy (non-hydrogen) atoms. The van der Waals surface area contributed by atoms with Gasteiger partial charge in [-0.25, -0.2) is 9.79 Å². The van der Waals surface area contributed by atoms with Gasteiger partial charge in [0.1, 0.15) is 12.4 Å². The number of thioether (sulfide) groups is 1. The number of carbonyl (C=O) groups excluding carboxylic acids is 2. The van der Waals surface area contributed by atoms with E-state index in [-0.39, 0.29) is 5.91 Å². The average Bonchev–Trinajstić information content (AvgIpc) is 3.17. The smallest absolute Gasteiger partial charge is 0.337 e. The van der Waals surface area contributed by atoms with Crippen LogP contribution in [0.4, 0.5) is 5.69 Å². The van der Waals surface area contributed by atoms with E-state index in [0.717, 1.165) is 20.1 Å². The van der Waals surface area contributed by atoms with E-state index in [1.54, 1.807) is 30.3 Å². The lowest BCUT2D eigenvalue weighted by Gasteiger charge is -2.12. The molecule has 1 aliphatic heterocycles. The molecule has 1 fully saturated rings. The quantitative estimate of drug-likeness (QED) is 0.259. The summed E-state index contributed by atoms with van der Waals surface area (Å²) in [4.78, 5) is 29.2. The highest BCUT2D eigenvalue weighted by atomic mass is 79.9. The Bertz CT molecular complexity index is 1290. The summed E-state index contributed by atoms with van der Waals surface area (Å²) in [6.45, 7) is 0.394. The Hall–Kier alpha value is -2.88. The van der Waals surface area contributed by atoms with E-state index >= 15 is 0 Å². The van der Waals surface area contributed by atoms with Crippen LogP contribution in [0.15, 0.2) is 85.6 Å². The van der Waals surface area contributed by atoms with Crippen LogP contribution in [-0.2, 0) is 16.1 Å². The maximum absolute atomic E-state index is 12.6. The second-order valence-electron chi connectivity index (χ2n) is 7.10. The van der Waals surface area contributed by atoms with Crippen molar-refractivity contribution in [3.63, 3.8) is 0 Å². The molecule has 0 aromatic heterocycles. The van der Waals surface area contributed by atoms with Gasteiger partial charge >= 0.3 is 5.97 Å². The zero-order valence-electron chi connectivity index (χ0n) is 17.9. The molecular formula is C25H18Br2N2O4S. The zero-order valence-corrected chi connectivity index (χ0v) is 21.9. The van der Waals surface area contributed by atoms with Gasteiger partial charge in [0, 0.05) is 10.0 Å². The molecule has 0 atom stereocenters. The number of nitrogens with one attached hydrogen (secondary N) is 1. The van der Waals surface area contributed by atoms with E-state index < -0.39 is 5.97 Å². The Labute approximate surface area is 217 Å². The predicted molar refractivity (Wildman–Crippen MR) is 141 cm³/mol. The lowest BCUT2D eigenvalue weighted by molar-refractivity contribution is -0.115. The van der Waals surface area contributed by atoms with E-state index in [0.29, 0.717) is 33.7 Å². The van der Waals surface area contributed by atoms with E-state index in [4.69, 9.17) is 9.47 Å². The number of carbonyl (C=O) groups is 2. The first-order chi connectivity index (χ1) is 16.4. The van der Waals surface area contributed by atoms with Gasteiger partial charge in [0.05, 0.1) is 27.7 Å². The topological polar surface area (TPSA) is 77.0 Å². The highest BCUT2D eigenvalue weighted by Crippen LogP contribution is 2.37. The maximum atomic E-state index is 12.6. The van der Waals surface area contributed by atoms with Crippen LogP contribution in [0.2, 0.25) is 0 Å². The molecule has 0 radical (unpaired) electrons. The minimum Gasteiger partial charge on any atom is -0.487 e. The highest BCUT2D eigenvalue weighted by Gasteiger charge is 2.25. The fraction of sp³-hybridized carbons (Fsp3) is 0.0800. The molecule has 6 nitrogen and oxygen atoms in total. The SMILES string of the molecule is COC(=O)c1ccc(N=C2NC(=O)/C(=C/c3cc(Br)cc(Br)c3OCc3ccccc3)S2)cc1. The van der Waals surface area contributed by atoms with Gasteiger partial charge in [-0.3, -0.25) is 4.79 Å². The monoisotopic (exact) mass is 600 g/mol. The summed E-state index contributed by atoms with van der Waals surface area (Å²) < 4.78 is 12.4. The summed E-state index contributed by atoms with van der Waals surface area (Å²) in [5.74, 6) is -0.0322. The number of nitrogens with zero attached hydrogens (tertiary/aromatic N) is 1. The molecule has 3 aromatic rings. The van der Waals surface area contributed by atoms with Crippen molar-refractivity contribution in [2.45, 2.75) is 6.61 Å². The standard InChI is InChI=1S/C25H18Br2N2O4S/c1-32-24(31)16-7-9-19(10-8-16)28-25-29-23(30)21(34-25)12-17-11-18(26)13-20(27)22(17)33-14-15-5-3-2-4-6-15/h2-13H,14H2,1H3,(H,28,29,30)/b21-12-. The lowest BCUT2D eigenvalue weighted by Crippen LogP contribution is -2.19. The lowest BCUT2D eigenvalue weighted by atomic mass is 10.1. The molecule has 1 heterocycles. The second kappa shape index (κ2) is 11.0. The van der Waals surface area contributed by atoms with E-state index in [2.05, 4.69) is 42.2 Å². The molecule has 1 amide bonds. The van der Waals surface area contributed by atoms with Gasteiger partial charge in [-0.2, -0.15) is 0 Å². The Morgan fingerprint density at radius 2 is 1.82 bits per heavy atom. The number of methoxy groups -OCH3 is 1. The minimum absolute atomic E-state index is 0.250. The number of aliphatic imine (C=N–C) groups is 1. The number of hydrogen-bond donors (Lipinski definition) is 1. The molecule has 9 heteroatoms. The summed E-state index contributed by atoms with van der Waals surface area (Å²) in [7, 11) is 1.33. The largest absolute Gasteiger partial charge is 0.487 e. The number of benzene rings is 3. The van der Waals surface area contributed by atoms with Gasteiger partial charge in [-0.15, -0.1) is 0 Å². The van der Waals surface area contributed by atoms with E-state index in [1.165, 1.54) is 18.9 Å². The molecule has 0 saturated carbocycles. The van der Waals surface area contributed by atoms with Crippen LogP contribution in [0.25, 0.3) is 6.08 Å². The van der Waals surface area contributed by atoms with Gasteiger partial charge in [-0.05, 0) is 75.7 Å². The Balaban J connectivity index is 1.56. The van der Waals surface area contributed by atoms with Crippen molar-refractivity contribution in [3.8, 4) is 5.75 Å². The van der Waals surface area contributed by atoms with Crippen molar-refractivity contribution in [2.75, 3.05) is 7.11 Å². The molecule has 3 aromatic carbocycles. The van der Waals surface area contributed by atoms with Gasteiger partial charge in [0.15, 0.2) is 5.17 Å². The fourth-order valence-electron chi connectivity index (χ4n) is 3.10. The zero-order chi connectivity index (χ0) is 24.1. The average molecular weight is 602 g/mol. The Kier molecular flexibility index (Phi) is 7.87.